The zero-order valence-corrected chi connectivity index (χ0v) is 10.4. The normalized spacial score (nSPS) is 10.4. The number of hydrogen-bond donors (Lipinski definition) is 2. The highest BCUT2D eigenvalue weighted by Gasteiger charge is 2.07. The van der Waals surface area contributed by atoms with Crippen LogP contribution >= 0.6 is 0 Å². The summed E-state index contributed by atoms with van der Waals surface area (Å²) in [7, 11) is 0. The molecule has 0 amide bonds. The van der Waals surface area contributed by atoms with Crippen LogP contribution in [0.3, 0.4) is 0 Å². The molecule has 96 valence electrons. The fraction of sp³-hybridized carbons (Fsp3) is 0.364. The molecule has 0 radical (unpaired) electrons. The van der Waals surface area contributed by atoms with Gasteiger partial charge in [0, 0.05) is 18.3 Å². The molecule has 0 fully saturated rings. The van der Waals surface area contributed by atoms with E-state index in [2.05, 4.69) is 27.4 Å². The second-order valence-electron chi connectivity index (χ2n) is 3.87. The van der Waals surface area contributed by atoms with Crippen molar-refractivity contribution in [3.8, 4) is 11.6 Å². The van der Waals surface area contributed by atoms with E-state index in [9.17, 15) is 0 Å². The molecule has 7 nitrogen and oxygen atoms in total. The Kier molecular flexibility index (Phi) is 3.73. The molecule has 0 bridgehead atoms. The van der Waals surface area contributed by atoms with Crippen LogP contribution in [0, 0.1) is 6.92 Å². The van der Waals surface area contributed by atoms with Crippen LogP contribution in [0.25, 0.3) is 0 Å². The molecule has 7 heteroatoms. The van der Waals surface area contributed by atoms with Crippen LogP contribution in [-0.2, 0) is 6.54 Å². The van der Waals surface area contributed by atoms with E-state index in [0.29, 0.717) is 17.6 Å². The molecule has 0 unspecified atom stereocenters. The second-order valence-corrected chi connectivity index (χ2v) is 3.87. The second kappa shape index (κ2) is 5.46. The molecule has 0 spiro atoms. The van der Waals surface area contributed by atoms with Gasteiger partial charge in [-0.05, 0) is 13.3 Å². The van der Waals surface area contributed by atoms with Crippen molar-refractivity contribution in [3.63, 3.8) is 0 Å². The molecule has 0 aliphatic rings. The number of nitrogens with one attached hydrogen (secondary N) is 1. The van der Waals surface area contributed by atoms with E-state index in [1.807, 2.05) is 17.8 Å². The van der Waals surface area contributed by atoms with Crippen LogP contribution in [0.1, 0.15) is 18.9 Å². The maximum atomic E-state index is 5.65. The average molecular weight is 248 g/mol. The third kappa shape index (κ3) is 2.75. The Labute approximate surface area is 105 Å². The van der Waals surface area contributed by atoms with Gasteiger partial charge in [-0.15, -0.1) is 0 Å². The van der Waals surface area contributed by atoms with Gasteiger partial charge in [-0.2, -0.15) is 10.1 Å². The summed E-state index contributed by atoms with van der Waals surface area (Å²) in [6, 6.07) is 0. The number of hydrogen-bond acceptors (Lipinski definition) is 6. The van der Waals surface area contributed by atoms with Crippen LogP contribution in [0.5, 0.6) is 11.6 Å². The topological polar surface area (TPSA) is 90.9 Å². The van der Waals surface area contributed by atoms with E-state index in [1.54, 1.807) is 12.4 Å². The number of anilines is 1. The van der Waals surface area contributed by atoms with Crippen LogP contribution in [0.15, 0.2) is 18.6 Å². The molecule has 2 aromatic heterocycles. The fourth-order valence-corrected chi connectivity index (χ4v) is 1.46. The smallest absolute Gasteiger partial charge is 0.240 e. The summed E-state index contributed by atoms with van der Waals surface area (Å²) >= 11 is 0. The van der Waals surface area contributed by atoms with Crippen LogP contribution in [0.4, 0.5) is 5.95 Å². The van der Waals surface area contributed by atoms with Gasteiger partial charge in [-0.3, -0.25) is 10.1 Å². The minimum Gasteiger partial charge on any atom is -0.435 e. The number of nitrogen functional groups attached to an aromatic ring is 1. The third-order valence-corrected chi connectivity index (χ3v) is 2.33. The van der Waals surface area contributed by atoms with Gasteiger partial charge < -0.3 is 4.74 Å². The lowest BCUT2D eigenvalue weighted by Crippen LogP contribution is -2.10. The minimum absolute atomic E-state index is 0.316. The van der Waals surface area contributed by atoms with Crippen molar-refractivity contribution in [1.82, 2.24) is 19.7 Å². The first-order valence-electron chi connectivity index (χ1n) is 5.73. The van der Waals surface area contributed by atoms with Gasteiger partial charge in [0.05, 0.1) is 12.4 Å². The maximum absolute atomic E-state index is 5.65. The largest absolute Gasteiger partial charge is 0.435 e. The number of nitrogens with zero attached hydrogens (tertiary/aromatic N) is 4. The Bertz CT molecular complexity index is 524. The van der Waals surface area contributed by atoms with Crippen molar-refractivity contribution in [2.24, 2.45) is 5.84 Å². The zero-order chi connectivity index (χ0) is 13.0. The maximum Gasteiger partial charge on any atom is 0.240 e. The number of ether oxygens (including phenoxy) is 1. The Morgan fingerprint density at radius 2 is 2.28 bits per heavy atom. The summed E-state index contributed by atoms with van der Waals surface area (Å²) in [6.45, 7) is 4.82. The molecule has 2 aromatic rings. The van der Waals surface area contributed by atoms with E-state index in [-0.39, 0.29) is 0 Å². The number of aromatic nitrogens is 4. The summed E-state index contributed by atoms with van der Waals surface area (Å²) in [5.41, 5.74) is 3.21. The van der Waals surface area contributed by atoms with Crippen molar-refractivity contribution in [1.29, 1.82) is 0 Å². The molecule has 0 aromatic carbocycles. The minimum atomic E-state index is 0.316. The number of hydrazine groups is 1. The van der Waals surface area contributed by atoms with Gasteiger partial charge in [-0.25, -0.2) is 10.8 Å². The van der Waals surface area contributed by atoms with Crippen molar-refractivity contribution < 1.29 is 4.74 Å². The molecule has 3 N–H and O–H groups in total. The Morgan fingerprint density at radius 3 is 3.00 bits per heavy atom. The number of aryl methyl sites for hydroxylation is 2. The predicted octanol–water partition coefficient (Wildman–Crippen LogP) is 1.47. The molecule has 0 saturated carbocycles. The van der Waals surface area contributed by atoms with Gasteiger partial charge in [0.1, 0.15) is 0 Å². The predicted molar refractivity (Wildman–Crippen MR) is 67.2 cm³/mol. The zero-order valence-electron chi connectivity index (χ0n) is 10.4. The lowest BCUT2D eigenvalue weighted by molar-refractivity contribution is 0.456. The van der Waals surface area contributed by atoms with Gasteiger partial charge in [0.2, 0.25) is 11.8 Å². The first-order valence-corrected chi connectivity index (χ1v) is 5.73. The molecule has 0 atom stereocenters. The van der Waals surface area contributed by atoms with Crippen molar-refractivity contribution in [3.05, 3.63) is 24.2 Å². The highest BCUT2D eigenvalue weighted by atomic mass is 16.5. The van der Waals surface area contributed by atoms with Crippen molar-refractivity contribution in [2.75, 3.05) is 5.43 Å². The average Bonchev–Trinajstić information content (AvgIpc) is 2.80. The van der Waals surface area contributed by atoms with E-state index in [0.717, 1.165) is 18.5 Å². The Balaban J connectivity index is 2.16. The highest BCUT2D eigenvalue weighted by molar-refractivity contribution is 5.34. The molecule has 0 aliphatic heterocycles. The van der Waals surface area contributed by atoms with Crippen molar-refractivity contribution >= 4 is 5.95 Å². The van der Waals surface area contributed by atoms with Crippen molar-refractivity contribution in [2.45, 2.75) is 26.8 Å². The summed E-state index contributed by atoms with van der Waals surface area (Å²) in [5, 5.41) is 4.18. The van der Waals surface area contributed by atoms with Crippen LogP contribution in [-0.4, -0.2) is 19.7 Å². The SMILES string of the molecule is CCCn1cc(Oc2nc(NN)ncc2C)cn1. The molecule has 18 heavy (non-hydrogen) atoms. The van der Waals surface area contributed by atoms with Gasteiger partial charge >= 0.3 is 0 Å². The standard InChI is InChI=1S/C11H16N6O/c1-3-4-17-7-9(6-14-17)18-10-8(2)5-13-11(15-10)16-12/h5-7H,3-4,12H2,1-2H3,(H,13,15,16). The van der Waals surface area contributed by atoms with Gasteiger partial charge in [-0.1, -0.05) is 6.92 Å². The summed E-state index contributed by atoms with van der Waals surface area (Å²) in [5.74, 6) is 6.69. The van der Waals surface area contributed by atoms with E-state index < -0.39 is 0 Å². The lowest BCUT2D eigenvalue weighted by Gasteiger charge is -2.06. The summed E-state index contributed by atoms with van der Waals surface area (Å²) in [4.78, 5) is 8.12. The fourth-order valence-electron chi connectivity index (χ4n) is 1.46. The molecule has 0 saturated heterocycles. The molecular weight excluding hydrogens is 232 g/mol. The molecule has 2 heterocycles. The van der Waals surface area contributed by atoms with Gasteiger partial charge in [0.25, 0.3) is 0 Å². The van der Waals surface area contributed by atoms with E-state index in [4.69, 9.17) is 10.6 Å². The Hall–Kier alpha value is -2.15. The highest BCUT2D eigenvalue weighted by Crippen LogP contribution is 2.22. The van der Waals surface area contributed by atoms with Crippen LogP contribution in [0.2, 0.25) is 0 Å². The number of rotatable bonds is 5. The van der Waals surface area contributed by atoms with Gasteiger partial charge in [0.15, 0.2) is 5.75 Å². The monoisotopic (exact) mass is 248 g/mol. The number of nitrogens with two attached hydrogens (primary N) is 1. The quantitative estimate of drug-likeness (QED) is 0.615. The van der Waals surface area contributed by atoms with E-state index in [1.165, 1.54) is 0 Å². The van der Waals surface area contributed by atoms with Crippen LogP contribution < -0.4 is 16.0 Å². The first-order chi connectivity index (χ1) is 8.72. The molecular formula is C11H16N6O. The lowest BCUT2D eigenvalue weighted by atomic mass is 10.4. The summed E-state index contributed by atoms with van der Waals surface area (Å²) in [6.07, 6.45) is 6.16. The first kappa shape index (κ1) is 12.3. The molecule has 2 rings (SSSR count). The summed E-state index contributed by atoms with van der Waals surface area (Å²) < 4.78 is 7.48. The molecule has 0 aliphatic carbocycles. The Morgan fingerprint density at radius 1 is 1.44 bits per heavy atom. The third-order valence-electron chi connectivity index (χ3n) is 2.33. The van der Waals surface area contributed by atoms with E-state index >= 15 is 0 Å².